The van der Waals surface area contributed by atoms with Crippen LogP contribution in [0.25, 0.3) is 0 Å². The number of rotatable bonds is 9. The highest BCUT2D eigenvalue weighted by atomic mass is 32.1. The van der Waals surface area contributed by atoms with Crippen molar-refractivity contribution in [3.8, 4) is 28.9 Å². The highest BCUT2D eigenvalue weighted by Crippen LogP contribution is 2.31. The van der Waals surface area contributed by atoms with Crippen LogP contribution in [0.1, 0.15) is 16.1 Å². The molecule has 0 atom stereocenters. The number of carbonyl (C=O) groups excluding carboxylic acids is 1. The van der Waals surface area contributed by atoms with E-state index >= 15 is 0 Å². The minimum absolute atomic E-state index is 0.270. The number of thiazole rings is 1. The first kappa shape index (κ1) is 22.1. The number of carbonyl (C=O) groups is 1. The van der Waals surface area contributed by atoms with E-state index < -0.39 is 0 Å². The largest absolute Gasteiger partial charge is 0.497 e. The Morgan fingerprint density at radius 3 is 2.52 bits per heavy atom. The van der Waals surface area contributed by atoms with Crippen LogP contribution in [-0.4, -0.2) is 30.1 Å². The Bertz CT molecular complexity index is 1210. The number of nitrogens with one attached hydrogen (secondary N) is 1. The van der Waals surface area contributed by atoms with Crippen molar-refractivity contribution in [1.82, 2.24) is 9.97 Å². The monoisotopic (exact) mass is 463 g/mol. The minimum Gasteiger partial charge on any atom is -0.497 e. The Morgan fingerprint density at radius 1 is 0.970 bits per heavy atom. The van der Waals surface area contributed by atoms with Crippen molar-refractivity contribution >= 4 is 22.9 Å². The molecule has 0 aliphatic carbocycles. The summed E-state index contributed by atoms with van der Waals surface area (Å²) in [5, 5.41) is 4.75. The summed E-state index contributed by atoms with van der Waals surface area (Å²) in [6, 6.07) is 15.5. The van der Waals surface area contributed by atoms with Gasteiger partial charge in [0.05, 0.1) is 25.4 Å². The third kappa shape index (κ3) is 5.58. The number of methoxy groups -OCH3 is 2. The molecule has 0 fully saturated rings. The van der Waals surface area contributed by atoms with Crippen LogP contribution in [0, 0.1) is 0 Å². The number of hydrogen-bond donors (Lipinski definition) is 1. The molecule has 1 N–H and O–H groups in total. The molecule has 168 valence electrons. The van der Waals surface area contributed by atoms with Gasteiger partial charge in [0.25, 0.3) is 5.91 Å². The number of amides is 1. The molecule has 4 aromatic rings. The molecule has 0 aliphatic heterocycles. The highest BCUT2D eigenvalue weighted by molar-refractivity contribution is 7.07. The lowest BCUT2D eigenvalue weighted by molar-refractivity contribution is 0.102. The molecule has 0 aliphatic rings. The lowest BCUT2D eigenvalue weighted by Gasteiger charge is -2.13. The lowest BCUT2D eigenvalue weighted by Crippen LogP contribution is -2.13. The summed E-state index contributed by atoms with van der Waals surface area (Å²) in [5.41, 5.74) is 3.40. The summed E-state index contributed by atoms with van der Waals surface area (Å²) >= 11 is 1.50. The fourth-order valence-electron chi connectivity index (χ4n) is 2.91. The average Bonchev–Trinajstić information content (AvgIpc) is 3.38. The van der Waals surface area contributed by atoms with Crippen molar-refractivity contribution in [2.75, 3.05) is 19.5 Å². The summed E-state index contributed by atoms with van der Waals surface area (Å²) in [4.78, 5) is 21.3. The van der Waals surface area contributed by atoms with E-state index in [0.717, 1.165) is 5.69 Å². The Labute approximate surface area is 194 Å². The predicted octanol–water partition coefficient (Wildman–Crippen LogP) is 5.18. The zero-order valence-corrected chi connectivity index (χ0v) is 18.8. The van der Waals surface area contributed by atoms with Gasteiger partial charge in [-0.1, -0.05) is 0 Å². The second-order valence-electron chi connectivity index (χ2n) is 6.72. The van der Waals surface area contributed by atoms with Crippen molar-refractivity contribution in [1.29, 1.82) is 0 Å². The molecule has 2 aromatic heterocycles. The molecule has 4 rings (SSSR count). The van der Waals surface area contributed by atoms with E-state index in [1.54, 1.807) is 73.4 Å². The molecule has 0 spiro atoms. The van der Waals surface area contributed by atoms with E-state index in [1.165, 1.54) is 18.4 Å². The van der Waals surface area contributed by atoms with Crippen LogP contribution in [0.15, 0.2) is 71.7 Å². The van der Waals surface area contributed by atoms with E-state index in [2.05, 4.69) is 15.3 Å². The Balaban J connectivity index is 1.47. The molecular weight excluding hydrogens is 442 g/mol. The van der Waals surface area contributed by atoms with Crippen LogP contribution in [0.5, 0.6) is 28.9 Å². The van der Waals surface area contributed by atoms with Crippen molar-refractivity contribution in [2.24, 2.45) is 0 Å². The van der Waals surface area contributed by atoms with Gasteiger partial charge in [-0.3, -0.25) is 4.79 Å². The smallest absolute Gasteiger partial charge is 0.255 e. The normalized spacial score (nSPS) is 10.4. The minimum atomic E-state index is -0.341. The van der Waals surface area contributed by atoms with Gasteiger partial charge < -0.3 is 24.3 Å². The van der Waals surface area contributed by atoms with Gasteiger partial charge >= 0.3 is 0 Å². The first-order valence-electron chi connectivity index (χ1n) is 9.92. The molecule has 2 aromatic carbocycles. The molecule has 0 saturated carbocycles. The number of nitrogens with zero attached hydrogens (tertiary/aromatic N) is 2. The number of hydrogen-bond acceptors (Lipinski definition) is 8. The maximum absolute atomic E-state index is 12.9. The van der Waals surface area contributed by atoms with E-state index in [-0.39, 0.29) is 11.8 Å². The van der Waals surface area contributed by atoms with Crippen LogP contribution in [0.4, 0.5) is 5.69 Å². The first-order chi connectivity index (χ1) is 16.2. The van der Waals surface area contributed by atoms with Gasteiger partial charge in [0.2, 0.25) is 5.88 Å². The average molecular weight is 464 g/mol. The Kier molecular flexibility index (Phi) is 7.01. The van der Waals surface area contributed by atoms with Crippen LogP contribution in [-0.2, 0) is 6.61 Å². The number of anilines is 1. The summed E-state index contributed by atoms with van der Waals surface area (Å²) in [5.74, 6) is 2.17. The fourth-order valence-corrected chi connectivity index (χ4v) is 3.45. The maximum atomic E-state index is 12.9. The van der Waals surface area contributed by atoms with Crippen LogP contribution < -0.4 is 24.3 Å². The number of benzene rings is 2. The summed E-state index contributed by atoms with van der Waals surface area (Å²) in [6.07, 6.45) is 1.59. The second-order valence-corrected chi connectivity index (χ2v) is 7.44. The third-order valence-electron chi connectivity index (χ3n) is 4.58. The molecule has 2 heterocycles. The highest BCUT2D eigenvalue weighted by Gasteiger charge is 2.15. The quantitative estimate of drug-likeness (QED) is 0.366. The molecule has 0 unspecified atom stereocenters. The van der Waals surface area contributed by atoms with Gasteiger partial charge in [0, 0.05) is 17.1 Å². The molecule has 1 amide bonds. The lowest BCUT2D eigenvalue weighted by atomic mass is 10.2. The molecule has 0 bridgehead atoms. The summed E-state index contributed by atoms with van der Waals surface area (Å²) in [6.45, 7) is 0.313. The Morgan fingerprint density at radius 2 is 1.79 bits per heavy atom. The number of aromatic nitrogens is 2. The van der Waals surface area contributed by atoms with Gasteiger partial charge in [0.15, 0.2) is 11.5 Å². The molecule has 33 heavy (non-hydrogen) atoms. The second kappa shape index (κ2) is 10.5. The molecule has 0 saturated heterocycles. The predicted molar refractivity (Wildman–Crippen MR) is 125 cm³/mol. The molecule has 0 radical (unpaired) electrons. The SMILES string of the molecule is COc1ccc(Oc2ncccc2NC(=O)c2ccc(OCc3cscn3)c(OC)c2)cc1. The van der Waals surface area contributed by atoms with Gasteiger partial charge in [-0.25, -0.2) is 9.97 Å². The van der Waals surface area contributed by atoms with Crippen LogP contribution >= 0.6 is 11.3 Å². The van der Waals surface area contributed by atoms with E-state index in [0.29, 0.717) is 40.9 Å². The van der Waals surface area contributed by atoms with Gasteiger partial charge in [0.1, 0.15) is 23.8 Å². The van der Waals surface area contributed by atoms with Gasteiger partial charge in [-0.15, -0.1) is 11.3 Å². The van der Waals surface area contributed by atoms with Crippen molar-refractivity contribution in [3.05, 3.63) is 82.9 Å². The van der Waals surface area contributed by atoms with E-state index in [9.17, 15) is 4.79 Å². The Hall–Kier alpha value is -4.11. The zero-order valence-electron chi connectivity index (χ0n) is 18.0. The molecule has 9 heteroatoms. The van der Waals surface area contributed by atoms with E-state index in [4.69, 9.17) is 18.9 Å². The summed E-state index contributed by atoms with van der Waals surface area (Å²) in [7, 11) is 3.12. The summed E-state index contributed by atoms with van der Waals surface area (Å²) < 4.78 is 22.2. The van der Waals surface area contributed by atoms with Crippen molar-refractivity contribution < 1.29 is 23.7 Å². The topological polar surface area (TPSA) is 91.8 Å². The van der Waals surface area contributed by atoms with Crippen LogP contribution in [0.2, 0.25) is 0 Å². The third-order valence-corrected chi connectivity index (χ3v) is 5.21. The molecule has 8 nitrogen and oxygen atoms in total. The maximum Gasteiger partial charge on any atom is 0.255 e. The fraction of sp³-hybridized carbons (Fsp3) is 0.125. The van der Waals surface area contributed by atoms with Crippen molar-refractivity contribution in [2.45, 2.75) is 6.61 Å². The van der Waals surface area contributed by atoms with E-state index in [1.807, 2.05) is 5.38 Å². The molecular formula is C24H21N3O5S. The van der Waals surface area contributed by atoms with Gasteiger partial charge in [-0.2, -0.15) is 0 Å². The standard InChI is InChI=1S/C24H21N3O5S/c1-29-18-6-8-19(9-7-18)32-24-20(4-3-11-25-24)27-23(28)16-5-10-21(22(12-16)30-2)31-13-17-14-33-15-26-17/h3-12,14-15H,13H2,1-2H3,(H,27,28). The number of ether oxygens (including phenoxy) is 4. The first-order valence-corrected chi connectivity index (χ1v) is 10.9. The van der Waals surface area contributed by atoms with Crippen molar-refractivity contribution in [3.63, 3.8) is 0 Å². The van der Waals surface area contributed by atoms with Crippen LogP contribution in [0.3, 0.4) is 0 Å². The number of pyridine rings is 1. The van der Waals surface area contributed by atoms with Gasteiger partial charge in [-0.05, 0) is 54.6 Å². The zero-order chi connectivity index (χ0) is 23.0.